The van der Waals surface area contributed by atoms with Crippen molar-refractivity contribution < 1.29 is 26.4 Å². The summed E-state index contributed by atoms with van der Waals surface area (Å²) >= 11 is 0. The Labute approximate surface area is 161 Å². The molecule has 0 saturated heterocycles. The third kappa shape index (κ3) is 5.96. The summed E-state index contributed by atoms with van der Waals surface area (Å²) in [6.07, 6.45) is -3.70. The minimum atomic E-state index is -4.76. The van der Waals surface area contributed by atoms with Gasteiger partial charge in [0.25, 0.3) is 0 Å². The second-order valence-electron chi connectivity index (χ2n) is 6.10. The molecule has 0 heterocycles. The van der Waals surface area contributed by atoms with Crippen LogP contribution in [0.4, 0.5) is 24.5 Å². The number of benzene rings is 2. The average molecular weight is 415 g/mol. The molecule has 0 spiro atoms. The highest BCUT2D eigenvalue weighted by molar-refractivity contribution is 7.89. The first kappa shape index (κ1) is 21.7. The Bertz CT molecular complexity index is 960. The Balaban J connectivity index is 2.21. The number of nitrogens with one attached hydrogen (secondary N) is 2. The number of hydrogen-bond acceptors (Lipinski definition) is 4. The summed E-state index contributed by atoms with van der Waals surface area (Å²) in [5.41, 5.74) is -0.233. The van der Waals surface area contributed by atoms with Gasteiger partial charge in [-0.1, -0.05) is 19.1 Å². The highest BCUT2D eigenvalue weighted by atomic mass is 32.2. The normalized spacial score (nSPS) is 11.9. The molecule has 0 aliphatic carbocycles. The molecule has 0 aliphatic rings. The van der Waals surface area contributed by atoms with Gasteiger partial charge in [0.05, 0.1) is 10.5 Å². The van der Waals surface area contributed by atoms with Gasteiger partial charge in [-0.2, -0.15) is 13.2 Å². The molecule has 0 aromatic heterocycles. The van der Waals surface area contributed by atoms with Crippen LogP contribution < -0.4 is 15.8 Å². The zero-order valence-electron chi connectivity index (χ0n) is 15.0. The molecule has 0 saturated carbocycles. The average Bonchev–Trinajstić information content (AvgIpc) is 2.58. The van der Waals surface area contributed by atoms with Gasteiger partial charge in [-0.3, -0.25) is 4.79 Å². The van der Waals surface area contributed by atoms with E-state index in [2.05, 4.69) is 10.6 Å². The highest BCUT2D eigenvalue weighted by Crippen LogP contribution is 2.36. The van der Waals surface area contributed by atoms with Gasteiger partial charge in [-0.05, 0) is 42.3 Å². The van der Waals surface area contributed by atoms with Crippen molar-refractivity contribution in [2.45, 2.75) is 37.4 Å². The molecule has 2 aromatic rings. The van der Waals surface area contributed by atoms with Gasteiger partial charge in [0.1, 0.15) is 0 Å². The molecule has 0 bridgehead atoms. The molecule has 4 N–H and O–H groups in total. The summed E-state index contributed by atoms with van der Waals surface area (Å²) in [5.74, 6) is -0.148. The quantitative estimate of drug-likeness (QED) is 0.642. The predicted octanol–water partition coefficient (Wildman–Crippen LogP) is 3.70. The highest BCUT2D eigenvalue weighted by Gasteiger charge is 2.34. The number of amides is 1. The van der Waals surface area contributed by atoms with Gasteiger partial charge in [-0.15, -0.1) is 0 Å². The Morgan fingerprint density at radius 1 is 1.14 bits per heavy atom. The van der Waals surface area contributed by atoms with Crippen LogP contribution in [0, 0.1) is 0 Å². The van der Waals surface area contributed by atoms with Crippen molar-refractivity contribution >= 4 is 27.3 Å². The molecule has 0 aliphatic heterocycles. The summed E-state index contributed by atoms with van der Waals surface area (Å²) in [4.78, 5) is 11.0. The maximum atomic E-state index is 13.3. The van der Waals surface area contributed by atoms with E-state index in [0.29, 0.717) is 30.2 Å². The van der Waals surface area contributed by atoms with Crippen LogP contribution in [0.3, 0.4) is 0 Å². The van der Waals surface area contributed by atoms with Crippen LogP contribution in [0.25, 0.3) is 0 Å². The Morgan fingerprint density at radius 2 is 1.86 bits per heavy atom. The van der Waals surface area contributed by atoms with Gasteiger partial charge < -0.3 is 10.6 Å². The summed E-state index contributed by atoms with van der Waals surface area (Å²) < 4.78 is 62.6. The van der Waals surface area contributed by atoms with Crippen molar-refractivity contribution in [1.29, 1.82) is 0 Å². The lowest BCUT2D eigenvalue weighted by Crippen LogP contribution is -2.16. The molecule has 1 amide bonds. The Hall–Kier alpha value is -2.59. The topological polar surface area (TPSA) is 101 Å². The van der Waals surface area contributed by atoms with Crippen molar-refractivity contribution in [1.82, 2.24) is 0 Å². The number of halogens is 3. The standard InChI is InChI=1S/C18H20F3N3O3S/c1-2-4-17(25)24-13-6-3-5-12(9-13)11-23-16-8-7-14(28(22,26)27)10-15(16)18(19,20)21/h3,5-10,23H,2,4,11H2,1H3,(H,24,25)(H2,22,26,27). The Kier molecular flexibility index (Phi) is 6.68. The first-order valence-electron chi connectivity index (χ1n) is 8.37. The third-order valence-electron chi connectivity index (χ3n) is 3.80. The van der Waals surface area contributed by atoms with E-state index in [1.54, 1.807) is 24.3 Å². The number of anilines is 2. The second kappa shape index (κ2) is 8.61. The molecule has 0 fully saturated rings. The monoisotopic (exact) mass is 415 g/mol. The zero-order chi connectivity index (χ0) is 20.9. The van der Waals surface area contributed by atoms with E-state index in [4.69, 9.17) is 5.14 Å². The van der Waals surface area contributed by atoms with E-state index >= 15 is 0 Å². The fraction of sp³-hybridized carbons (Fsp3) is 0.278. The maximum Gasteiger partial charge on any atom is 0.418 e. The second-order valence-corrected chi connectivity index (χ2v) is 7.66. The molecule has 0 unspecified atom stereocenters. The minimum absolute atomic E-state index is 0.0370. The maximum absolute atomic E-state index is 13.3. The van der Waals surface area contributed by atoms with Gasteiger partial charge >= 0.3 is 6.18 Å². The summed E-state index contributed by atoms with van der Waals surface area (Å²) in [6, 6.07) is 9.22. The number of nitrogens with two attached hydrogens (primary N) is 1. The van der Waals surface area contributed by atoms with E-state index in [1.165, 1.54) is 0 Å². The van der Waals surface area contributed by atoms with Crippen molar-refractivity contribution in [3.8, 4) is 0 Å². The third-order valence-corrected chi connectivity index (χ3v) is 4.71. The predicted molar refractivity (Wildman–Crippen MR) is 100 cm³/mol. The number of carbonyl (C=O) groups is 1. The lowest BCUT2D eigenvalue weighted by atomic mass is 10.1. The first-order chi connectivity index (χ1) is 13.0. The first-order valence-corrected chi connectivity index (χ1v) is 9.92. The Morgan fingerprint density at radius 3 is 2.46 bits per heavy atom. The van der Waals surface area contributed by atoms with Crippen molar-refractivity contribution in [2.75, 3.05) is 10.6 Å². The minimum Gasteiger partial charge on any atom is -0.380 e. The number of sulfonamides is 1. The van der Waals surface area contributed by atoms with Crippen molar-refractivity contribution in [3.63, 3.8) is 0 Å². The number of hydrogen-bond donors (Lipinski definition) is 3. The number of rotatable bonds is 7. The van der Waals surface area contributed by atoms with Crippen molar-refractivity contribution in [2.24, 2.45) is 5.14 Å². The summed E-state index contributed by atoms with van der Waals surface area (Å²) in [5, 5.41) is 10.3. The van der Waals surface area contributed by atoms with Crippen LogP contribution in [-0.2, 0) is 27.5 Å². The summed E-state index contributed by atoms with van der Waals surface area (Å²) in [7, 11) is -4.26. The lowest BCUT2D eigenvalue weighted by Gasteiger charge is -2.16. The number of carbonyl (C=O) groups excluding carboxylic acids is 1. The van der Waals surface area contributed by atoms with E-state index in [9.17, 15) is 26.4 Å². The number of alkyl halides is 3. The van der Waals surface area contributed by atoms with Crippen LogP contribution in [0.15, 0.2) is 47.4 Å². The summed E-state index contributed by atoms with van der Waals surface area (Å²) in [6.45, 7) is 1.91. The number of primary sulfonamides is 1. The van der Waals surface area contributed by atoms with Crippen LogP contribution in [-0.4, -0.2) is 14.3 Å². The van der Waals surface area contributed by atoms with Crippen LogP contribution in [0.1, 0.15) is 30.9 Å². The van der Waals surface area contributed by atoms with Gasteiger partial charge in [-0.25, -0.2) is 13.6 Å². The van der Waals surface area contributed by atoms with Gasteiger partial charge in [0, 0.05) is 24.3 Å². The van der Waals surface area contributed by atoms with Crippen LogP contribution in [0.2, 0.25) is 0 Å². The molecule has 2 aromatic carbocycles. The van der Waals surface area contributed by atoms with Gasteiger partial charge in [0.15, 0.2) is 0 Å². The molecule has 152 valence electrons. The van der Waals surface area contributed by atoms with Crippen LogP contribution >= 0.6 is 0 Å². The van der Waals surface area contributed by atoms with Gasteiger partial charge in [0.2, 0.25) is 15.9 Å². The molecular formula is C18H20F3N3O3S. The molecule has 0 atom stereocenters. The van der Waals surface area contributed by atoms with E-state index in [1.807, 2.05) is 6.92 Å². The van der Waals surface area contributed by atoms with Crippen LogP contribution in [0.5, 0.6) is 0 Å². The van der Waals surface area contributed by atoms with E-state index < -0.39 is 26.7 Å². The zero-order valence-corrected chi connectivity index (χ0v) is 15.8. The van der Waals surface area contributed by atoms with E-state index in [0.717, 1.165) is 12.1 Å². The molecule has 10 heteroatoms. The SMILES string of the molecule is CCCC(=O)Nc1cccc(CNc2ccc(S(N)(=O)=O)cc2C(F)(F)F)c1. The molecular weight excluding hydrogens is 395 g/mol. The van der Waals surface area contributed by atoms with E-state index in [-0.39, 0.29) is 18.1 Å². The fourth-order valence-electron chi connectivity index (χ4n) is 2.50. The fourth-order valence-corrected chi connectivity index (χ4v) is 3.04. The largest absolute Gasteiger partial charge is 0.418 e. The molecule has 6 nitrogen and oxygen atoms in total. The lowest BCUT2D eigenvalue weighted by molar-refractivity contribution is -0.137. The molecule has 2 rings (SSSR count). The molecule has 28 heavy (non-hydrogen) atoms. The van der Waals surface area contributed by atoms with Crippen molar-refractivity contribution in [3.05, 3.63) is 53.6 Å². The molecule has 0 radical (unpaired) electrons. The smallest absolute Gasteiger partial charge is 0.380 e.